The van der Waals surface area contributed by atoms with Crippen molar-refractivity contribution in [1.82, 2.24) is 0 Å². The van der Waals surface area contributed by atoms with Crippen LogP contribution in [-0.4, -0.2) is 11.0 Å². The molecule has 0 atom stereocenters. The van der Waals surface area contributed by atoms with Crippen LogP contribution in [0.4, 0.5) is 20.2 Å². The van der Waals surface area contributed by atoms with Gasteiger partial charge in [-0.3, -0.25) is 4.79 Å². The Hall–Kier alpha value is -2.63. The van der Waals surface area contributed by atoms with Crippen LogP contribution < -0.4 is 11.1 Å². The largest absolute Gasteiger partial charge is 0.507 e. The van der Waals surface area contributed by atoms with E-state index in [9.17, 15) is 18.7 Å². The van der Waals surface area contributed by atoms with Crippen LogP contribution in [0, 0.1) is 11.6 Å². The lowest BCUT2D eigenvalue weighted by Gasteiger charge is -2.07. The number of amides is 1. The molecule has 0 fully saturated rings. The third-order valence-corrected chi connectivity index (χ3v) is 2.38. The zero-order valence-electron chi connectivity index (χ0n) is 9.65. The van der Waals surface area contributed by atoms with Gasteiger partial charge >= 0.3 is 0 Å². The average Bonchev–Trinajstić information content (AvgIpc) is 2.26. The SMILES string of the molecule is Nc1cc(F)cc(NC(=O)c2ccc(F)cc2O)c1. The lowest BCUT2D eigenvalue weighted by Crippen LogP contribution is -2.12. The van der Waals surface area contributed by atoms with Crippen molar-refractivity contribution in [3.63, 3.8) is 0 Å². The van der Waals surface area contributed by atoms with Crippen molar-refractivity contribution in [3.8, 4) is 5.75 Å². The average molecular weight is 264 g/mol. The highest BCUT2D eigenvalue weighted by molar-refractivity contribution is 6.06. The van der Waals surface area contributed by atoms with Crippen LogP contribution in [0.15, 0.2) is 36.4 Å². The molecule has 0 unspecified atom stereocenters. The molecule has 0 bridgehead atoms. The number of phenolic OH excluding ortho intramolecular Hbond substituents is 1. The Bertz CT molecular complexity index is 624. The smallest absolute Gasteiger partial charge is 0.259 e. The molecular weight excluding hydrogens is 254 g/mol. The van der Waals surface area contributed by atoms with Crippen LogP contribution in [0.5, 0.6) is 5.75 Å². The summed E-state index contributed by atoms with van der Waals surface area (Å²) in [5.41, 5.74) is 5.61. The molecule has 4 nitrogen and oxygen atoms in total. The molecule has 1 amide bonds. The van der Waals surface area contributed by atoms with Crippen molar-refractivity contribution in [3.05, 3.63) is 53.6 Å². The number of hydrogen-bond acceptors (Lipinski definition) is 3. The maximum Gasteiger partial charge on any atom is 0.259 e. The first-order chi connectivity index (χ1) is 8.95. The Kier molecular flexibility index (Phi) is 3.33. The van der Waals surface area contributed by atoms with E-state index in [2.05, 4.69) is 5.32 Å². The van der Waals surface area contributed by atoms with Gasteiger partial charge in [-0.2, -0.15) is 0 Å². The fourth-order valence-electron chi connectivity index (χ4n) is 1.58. The first kappa shape index (κ1) is 12.8. The van der Waals surface area contributed by atoms with Gasteiger partial charge in [-0.05, 0) is 30.3 Å². The summed E-state index contributed by atoms with van der Waals surface area (Å²) in [4.78, 5) is 11.8. The van der Waals surface area contributed by atoms with Gasteiger partial charge in [0.25, 0.3) is 5.91 Å². The Morgan fingerprint density at radius 2 is 1.84 bits per heavy atom. The molecule has 0 radical (unpaired) electrons. The number of halogens is 2. The molecule has 6 heteroatoms. The van der Waals surface area contributed by atoms with Gasteiger partial charge in [0.05, 0.1) is 5.56 Å². The zero-order valence-corrected chi connectivity index (χ0v) is 9.65. The summed E-state index contributed by atoms with van der Waals surface area (Å²) in [6, 6.07) is 6.52. The molecule has 2 aromatic rings. The predicted octanol–water partition coefficient (Wildman–Crippen LogP) is 2.50. The molecule has 98 valence electrons. The normalized spacial score (nSPS) is 10.2. The molecule has 0 aromatic heterocycles. The van der Waals surface area contributed by atoms with Gasteiger partial charge in [0.15, 0.2) is 0 Å². The molecule has 19 heavy (non-hydrogen) atoms. The molecule has 0 saturated heterocycles. The molecule has 2 aromatic carbocycles. The number of carbonyl (C=O) groups excluding carboxylic acids is 1. The predicted molar refractivity (Wildman–Crippen MR) is 66.8 cm³/mol. The van der Waals surface area contributed by atoms with Crippen LogP contribution in [0.3, 0.4) is 0 Å². The van der Waals surface area contributed by atoms with E-state index < -0.39 is 23.3 Å². The third kappa shape index (κ3) is 2.98. The van der Waals surface area contributed by atoms with Crippen molar-refractivity contribution in [2.45, 2.75) is 0 Å². The number of phenols is 1. The first-order valence-electron chi connectivity index (χ1n) is 5.31. The van der Waals surface area contributed by atoms with E-state index >= 15 is 0 Å². The first-order valence-corrected chi connectivity index (χ1v) is 5.31. The summed E-state index contributed by atoms with van der Waals surface area (Å²) in [7, 11) is 0. The second-order valence-electron chi connectivity index (χ2n) is 3.89. The maximum atomic E-state index is 13.1. The highest BCUT2D eigenvalue weighted by atomic mass is 19.1. The van der Waals surface area contributed by atoms with Gasteiger partial charge in [-0.25, -0.2) is 8.78 Å². The van der Waals surface area contributed by atoms with Crippen molar-refractivity contribution in [2.24, 2.45) is 0 Å². The van der Waals surface area contributed by atoms with Crippen molar-refractivity contribution < 1.29 is 18.7 Å². The molecule has 0 saturated carbocycles. The van der Waals surface area contributed by atoms with Gasteiger partial charge in [-0.15, -0.1) is 0 Å². The van der Waals surface area contributed by atoms with Gasteiger partial charge in [0.1, 0.15) is 17.4 Å². The molecule has 2 rings (SSSR count). The van der Waals surface area contributed by atoms with Gasteiger partial charge in [0.2, 0.25) is 0 Å². The standard InChI is InChI=1S/C13H10F2N2O2/c14-7-1-2-11(12(18)5-7)13(19)17-10-4-8(15)3-9(16)6-10/h1-6,18H,16H2,(H,17,19). The van der Waals surface area contributed by atoms with Crippen LogP contribution in [0.2, 0.25) is 0 Å². The molecular formula is C13H10F2N2O2. The van der Waals surface area contributed by atoms with Crippen LogP contribution in [0.25, 0.3) is 0 Å². The van der Waals surface area contributed by atoms with E-state index in [1.165, 1.54) is 6.07 Å². The van der Waals surface area contributed by atoms with E-state index in [1.54, 1.807) is 0 Å². The van der Waals surface area contributed by atoms with Crippen LogP contribution >= 0.6 is 0 Å². The fourth-order valence-corrected chi connectivity index (χ4v) is 1.58. The number of hydrogen-bond donors (Lipinski definition) is 3. The number of nitrogens with two attached hydrogens (primary N) is 1. The van der Waals surface area contributed by atoms with Gasteiger partial charge in [-0.1, -0.05) is 0 Å². The second-order valence-corrected chi connectivity index (χ2v) is 3.89. The minimum absolute atomic E-state index is 0.121. The molecule has 4 N–H and O–H groups in total. The minimum Gasteiger partial charge on any atom is -0.507 e. The molecule has 0 aliphatic heterocycles. The topological polar surface area (TPSA) is 75.3 Å². The lowest BCUT2D eigenvalue weighted by molar-refractivity contribution is 0.102. The Morgan fingerprint density at radius 1 is 1.11 bits per heavy atom. The van der Waals surface area contributed by atoms with E-state index in [-0.39, 0.29) is 16.9 Å². The highest BCUT2D eigenvalue weighted by Gasteiger charge is 2.12. The molecule has 0 spiro atoms. The van der Waals surface area contributed by atoms with Crippen LogP contribution in [0.1, 0.15) is 10.4 Å². The second kappa shape index (κ2) is 4.93. The summed E-state index contributed by atoms with van der Waals surface area (Å²) in [5, 5.41) is 11.8. The Labute approximate surface area is 107 Å². The van der Waals surface area contributed by atoms with Crippen molar-refractivity contribution >= 4 is 17.3 Å². The zero-order chi connectivity index (χ0) is 14.0. The number of carbonyl (C=O) groups is 1. The Balaban J connectivity index is 2.25. The summed E-state index contributed by atoms with van der Waals surface area (Å²) >= 11 is 0. The summed E-state index contributed by atoms with van der Waals surface area (Å²) in [5.74, 6) is -2.45. The number of nitrogens with one attached hydrogen (secondary N) is 1. The fraction of sp³-hybridized carbons (Fsp3) is 0. The highest BCUT2D eigenvalue weighted by Crippen LogP contribution is 2.21. The number of aromatic hydroxyl groups is 1. The molecule has 0 aliphatic carbocycles. The van der Waals surface area contributed by atoms with Crippen molar-refractivity contribution in [2.75, 3.05) is 11.1 Å². The van der Waals surface area contributed by atoms with Crippen LogP contribution in [-0.2, 0) is 0 Å². The number of rotatable bonds is 2. The molecule has 0 aliphatic rings. The quantitative estimate of drug-likeness (QED) is 0.729. The minimum atomic E-state index is -0.692. The lowest BCUT2D eigenvalue weighted by atomic mass is 10.1. The Morgan fingerprint density at radius 3 is 2.47 bits per heavy atom. The summed E-state index contributed by atoms with van der Waals surface area (Å²) in [6.45, 7) is 0. The monoisotopic (exact) mass is 264 g/mol. The number of anilines is 2. The van der Waals surface area contributed by atoms with Gasteiger partial charge < -0.3 is 16.2 Å². The third-order valence-electron chi connectivity index (χ3n) is 2.38. The van der Waals surface area contributed by atoms with Crippen molar-refractivity contribution in [1.29, 1.82) is 0 Å². The summed E-state index contributed by atoms with van der Waals surface area (Å²) in [6.07, 6.45) is 0. The van der Waals surface area contributed by atoms with E-state index in [0.29, 0.717) is 0 Å². The molecule has 0 heterocycles. The van der Waals surface area contributed by atoms with Gasteiger partial charge in [0, 0.05) is 17.4 Å². The van der Waals surface area contributed by atoms with E-state index in [4.69, 9.17) is 5.73 Å². The van der Waals surface area contributed by atoms with E-state index in [0.717, 1.165) is 30.3 Å². The summed E-state index contributed by atoms with van der Waals surface area (Å²) < 4.78 is 25.9. The number of nitrogen functional groups attached to an aromatic ring is 1. The van der Waals surface area contributed by atoms with E-state index in [1.807, 2.05) is 0 Å². The maximum absolute atomic E-state index is 13.1. The number of benzene rings is 2.